The van der Waals surface area contributed by atoms with Gasteiger partial charge < -0.3 is 10.4 Å². The first kappa shape index (κ1) is 13.3. The second kappa shape index (κ2) is 6.06. The lowest BCUT2D eigenvalue weighted by atomic mass is 10.2. The fourth-order valence-electron chi connectivity index (χ4n) is 1.10. The van der Waals surface area contributed by atoms with Crippen LogP contribution in [-0.2, 0) is 9.59 Å². The van der Waals surface area contributed by atoms with E-state index < -0.39 is 17.9 Å². The Balaban J connectivity index is 2.63. The van der Waals surface area contributed by atoms with Gasteiger partial charge in [0, 0.05) is 11.1 Å². The first-order valence-corrected chi connectivity index (χ1v) is 5.34. The van der Waals surface area contributed by atoms with Crippen molar-refractivity contribution in [3.63, 3.8) is 0 Å². The summed E-state index contributed by atoms with van der Waals surface area (Å²) in [5, 5.41) is 11.4. The van der Waals surface area contributed by atoms with Crippen LogP contribution in [0.25, 0.3) is 6.08 Å². The fourth-order valence-corrected chi connectivity index (χ4v) is 1.30. The first-order chi connectivity index (χ1) is 8.00. The van der Waals surface area contributed by atoms with Crippen molar-refractivity contribution in [2.45, 2.75) is 13.0 Å². The van der Waals surface area contributed by atoms with Gasteiger partial charge >= 0.3 is 5.97 Å². The van der Waals surface area contributed by atoms with Gasteiger partial charge in [-0.3, -0.25) is 9.59 Å². The van der Waals surface area contributed by atoms with Crippen molar-refractivity contribution >= 4 is 29.6 Å². The van der Waals surface area contributed by atoms with Crippen LogP contribution in [0.4, 0.5) is 0 Å². The summed E-state index contributed by atoms with van der Waals surface area (Å²) < 4.78 is 0. The Morgan fingerprint density at radius 3 is 2.65 bits per heavy atom. The van der Waals surface area contributed by atoms with Crippen molar-refractivity contribution in [1.29, 1.82) is 0 Å². The number of carboxylic acid groups (broad SMARTS) is 1. The maximum atomic E-state index is 11.3. The zero-order chi connectivity index (χ0) is 12.8. The largest absolute Gasteiger partial charge is 0.480 e. The third-order valence-electron chi connectivity index (χ3n) is 2.05. The molecule has 0 radical (unpaired) electrons. The standard InChI is InChI=1S/C12H12ClNO3/c1-8(12(16)17)14-11(15)7-6-9-4-2-3-5-10(9)13/h2-8H,1H3,(H,14,15)(H,16,17)/b7-6+. The van der Waals surface area contributed by atoms with Crippen LogP contribution in [0.3, 0.4) is 0 Å². The number of nitrogens with one attached hydrogen (secondary N) is 1. The van der Waals surface area contributed by atoms with Gasteiger partial charge in [-0.05, 0) is 24.6 Å². The van der Waals surface area contributed by atoms with Gasteiger partial charge in [0.25, 0.3) is 0 Å². The predicted molar refractivity (Wildman–Crippen MR) is 65.7 cm³/mol. The quantitative estimate of drug-likeness (QED) is 0.806. The summed E-state index contributed by atoms with van der Waals surface area (Å²) in [5.41, 5.74) is 0.701. The number of aliphatic carboxylic acids is 1. The molecule has 0 spiro atoms. The van der Waals surface area contributed by atoms with Crippen molar-refractivity contribution in [3.8, 4) is 0 Å². The van der Waals surface area contributed by atoms with Crippen LogP contribution >= 0.6 is 11.6 Å². The van der Waals surface area contributed by atoms with Gasteiger partial charge in [0.15, 0.2) is 0 Å². The van der Waals surface area contributed by atoms with Gasteiger partial charge in [-0.1, -0.05) is 29.8 Å². The number of hydrogen-bond donors (Lipinski definition) is 2. The Morgan fingerprint density at radius 1 is 1.41 bits per heavy atom. The Labute approximate surface area is 104 Å². The number of amides is 1. The molecule has 0 heterocycles. The van der Waals surface area contributed by atoms with Gasteiger partial charge in [-0.15, -0.1) is 0 Å². The third kappa shape index (κ3) is 4.28. The van der Waals surface area contributed by atoms with E-state index in [9.17, 15) is 9.59 Å². The zero-order valence-electron chi connectivity index (χ0n) is 9.18. The number of hydrogen-bond acceptors (Lipinski definition) is 2. The normalized spacial score (nSPS) is 12.4. The molecule has 1 aromatic carbocycles. The molecule has 4 nitrogen and oxygen atoms in total. The Morgan fingerprint density at radius 2 is 2.06 bits per heavy atom. The van der Waals surface area contributed by atoms with Crippen molar-refractivity contribution < 1.29 is 14.7 Å². The fraction of sp³-hybridized carbons (Fsp3) is 0.167. The first-order valence-electron chi connectivity index (χ1n) is 4.96. The molecular weight excluding hydrogens is 242 g/mol. The molecule has 0 aliphatic heterocycles. The van der Waals surface area contributed by atoms with Gasteiger partial charge in [0.1, 0.15) is 6.04 Å². The molecule has 2 N–H and O–H groups in total. The maximum absolute atomic E-state index is 11.3. The van der Waals surface area contributed by atoms with E-state index in [1.165, 1.54) is 19.1 Å². The SMILES string of the molecule is CC(NC(=O)/C=C/c1ccccc1Cl)C(=O)O. The van der Waals surface area contributed by atoms with E-state index in [0.717, 1.165) is 0 Å². The van der Waals surface area contributed by atoms with Crippen molar-refractivity contribution in [3.05, 3.63) is 40.9 Å². The minimum atomic E-state index is -1.08. The molecule has 0 fully saturated rings. The molecule has 5 heteroatoms. The predicted octanol–water partition coefficient (Wildman–Crippen LogP) is 1.94. The van der Waals surface area contributed by atoms with Gasteiger partial charge in [-0.2, -0.15) is 0 Å². The number of benzene rings is 1. The summed E-state index contributed by atoms with van der Waals surface area (Å²) in [6.07, 6.45) is 2.78. The van der Waals surface area contributed by atoms with Crippen LogP contribution < -0.4 is 5.32 Å². The summed E-state index contributed by atoms with van der Waals surface area (Å²) in [7, 11) is 0. The Hall–Kier alpha value is -1.81. The highest BCUT2D eigenvalue weighted by molar-refractivity contribution is 6.32. The lowest BCUT2D eigenvalue weighted by molar-refractivity contribution is -0.140. The Bertz CT molecular complexity index is 457. The summed E-state index contributed by atoms with van der Waals surface area (Å²) in [6, 6.07) is 6.12. The highest BCUT2D eigenvalue weighted by Gasteiger charge is 2.11. The van der Waals surface area contributed by atoms with E-state index >= 15 is 0 Å². The minimum Gasteiger partial charge on any atom is -0.480 e. The molecule has 1 rings (SSSR count). The van der Waals surface area contributed by atoms with Crippen LogP contribution in [0.15, 0.2) is 30.3 Å². The Kier molecular flexibility index (Phi) is 4.72. The van der Waals surface area contributed by atoms with E-state index in [-0.39, 0.29) is 0 Å². The number of halogens is 1. The smallest absolute Gasteiger partial charge is 0.325 e. The van der Waals surface area contributed by atoms with Gasteiger partial charge in [-0.25, -0.2) is 0 Å². The number of carbonyl (C=O) groups is 2. The molecule has 1 atom stereocenters. The topological polar surface area (TPSA) is 66.4 Å². The van der Waals surface area contributed by atoms with Crippen LogP contribution in [0, 0.1) is 0 Å². The molecule has 1 amide bonds. The summed E-state index contributed by atoms with van der Waals surface area (Å²) in [6.45, 7) is 1.39. The molecule has 0 saturated heterocycles. The third-order valence-corrected chi connectivity index (χ3v) is 2.39. The van der Waals surface area contributed by atoms with E-state index in [1.807, 2.05) is 0 Å². The lowest BCUT2D eigenvalue weighted by Crippen LogP contribution is -2.37. The van der Waals surface area contributed by atoms with Crippen LogP contribution in [0.2, 0.25) is 5.02 Å². The minimum absolute atomic E-state index is 0.472. The van der Waals surface area contributed by atoms with E-state index in [1.54, 1.807) is 24.3 Å². The maximum Gasteiger partial charge on any atom is 0.325 e. The molecule has 0 aromatic heterocycles. The number of rotatable bonds is 4. The summed E-state index contributed by atoms with van der Waals surface area (Å²) >= 11 is 5.89. The van der Waals surface area contributed by atoms with Crippen molar-refractivity contribution in [2.24, 2.45) is 0 Å². The zero-order valence-corrected chi connectivity index (χ0v) is 9.94. The molecule has 0 bridgehead atoms. The van der Waals surface area contributed by atoms with E-state index in [4.69, 9.17) is 16.7 Å². The molecule has 90 valence electrons. The lowest BCUT2D eigenvalue weighted by Gasteiger charge is -2.06. The number of carbonyl (C=O) groups excluding carboxylic acids is 1. The molecule has 1 aromatic rings. The monoisotopic (exact) mass is 253 g/mol. The second-order valence-corrected chi connectivity index (χ2v) is 3.83. The molecule has 0 saturated carbocycles. The van der Waals surface area contributed by atoms with Crippen molar-refractivity contribution in [2.75, 3.05) is 0 Å². The van der Waals surface area contributed by atoms with E-state index in [0.29, 0.717) is 10.6 Å². The van der Waals surface area contributed by atoms with Gasteiger partial charge in [0.05, 0.1) is 0 Å². The summed E-state index contributed by atoms with van der Waals surface area (Å²) in [4.78, 5) is 21.8. The highest BCUT2D eigenvalue weighted by atomic mass is 35.5. The van der Waals surface area contributed by atoms with E-state index in [2.05, 4.69) is 5.32 Å². The molecule has 1 unspecified atom stereocenters. The highest BCUT2D eigenvalue weighted by Crippen LogP contribution is 2.15. The average Bonchev–Trinajstić information content (AvgIpc) is 2.27. The van der Waals surface area contributed by atoms with Crippen molar-refractivity contribution in [1.82, 2.24) is 5.32 Å². The number of carboxylic acids is 1. The average molecular weight is 254 g/mol. The second-order valence-electron chi connectivity index (χ2n) is 3.42. The molecule has 17 heavy (non-hydrogen) atoms. The van der Waals surface area contributed by atoms with Crippen LogP contribution in [0.1, 0.15) is 12.5 Å². The molecular formula is C12H12ClNO3. The van der Waals surface area contributed by atoms with Crippen LogP contribution in [0.5, 0.6) is 0 Å². The molecule has 0 aliphatic rings. The summed E-state index contributed by atoms with van der Waals surface area (Å²) in [5.74, 6) is -1.55. The molecule has 0 aliphatic carbocycles. The van der Waals surface area contributed by atoms with Gasteiger partial charge in [0.2, 0.25) is 5.91 Å². The van der Waals surface area contributed by atoms with Crippen LogP contribution in [-0.4, -0.2) is 23.0 Å².